The first-order valence-electron chi connectivity index (χ1n) is 10.9. The summed E-state index contributed by atoms with van der Waals surface area (Å²) in [6.45, 7) is 2.86. The van der Waals surface area contributed by atoms with Crippen molar-refractivity contribution < 1.29 is 9.59 Å². The third kappa shape index (κ3) is 4.71. The minimum absolute atomic E-state index is 0.00176. The molecule has 164 valence electrons. The van der Waals surface area contributed by atoms with Crippen LogP contribution in [0.15, 0.2) is 84.9 Å². The van der Waals surface area contributed by atoms with Crippen LogP contribution < -0.4 is 5.32 Å². The SMILES string of the molecule is CC1(C(=O)NCc2ccc(Cl)cc2)CCN1C(=O)CC(c1ccccc1)c1ccccc1. The molecular weight excluding hydrogens is 420 g/mol. The predicted molar refractivity (Wildman–Crippen MR) is 127 cm³/mol. The van der Waals surface area contributed by atoms with Gasteiger partial charge in [-0.2, -0.15) is 0 Å². The smallest absolute Gasteiger partial charge is 0.246 e. The molecule has 2 amide bonds. The summed E-state index contributed by atoms with van der Waals surface area (Å²) in [5.74, 6) is -0.173. The van der Waals surface area contributed by atoms with E-state index in [4.69, 9.17) is 11.6 Å². The fourth-order valence-electron chi connectivity index (χ4n) is 4.25. The van der Waals surface area contributed by atoms with Crippen molar-refractivity contribution in [1.82, 2.24) is 10.2 Å². The Labute approximate surface area is 194 Å². The molecule has 5 heteroatoms. The highest BCUT2D eigenvalue weighted by molar-refractivity contribution is 6.30. The van der Waals surface area contributed by atoms with Crippen molar-refractivity contribution in [3.05, 3.63) is 107 Å². The highest BCUT2D eigenvalue weighted by Crippen LogP contribution is 2.35. The molecule has 1 saturated heterocycles. The Morgan fingerprint density at radius 2 is 1.50 bits per heavy atom. The van der Waals surface area contributed by atoms with Gasteiger partial charge in [-0.3, -0.25) is 9.59 Å². The molecule has 32 heavy (non-hydrogen) atoms. The van der Waals surface area contributed by atoms with Gasteiger partial charge in [0.05, 0.1) is 0 Å². The van der Waals surface area contributed by atoms with Gasteiger partial charge in [-0.15, -0.1) is 0 Å². The Morgan fingerprint density at radius 3 is 2.00 bits per heavy atom. The van der Waals surface area contributed by atoms with Crippen LogP contribution >= 0.6 is 11.6 Å². The minimum Gasteiger partial charge on any atom is -0.350 e. The lowest BCUT2D eigenvalue weighted by Gasteiger charge is -2.49. The third-order valence-electron chi connectivity index (χ3n) is 6.36. The molecule has 0 saturated carbocycles. The highest BCUT2D eigenvalue weighted by Gasteiger charge is 2.49. The second-order valence-corrected chi connectivity index (χ2v) is 8.89. The molecule has 0 bridgehead atoms. The minimum atomic E-state index is -0.818. The normalized spacial score (nSPS) is 17.7. The topological polar surface area (TPSA) is 49.4 Å². The number of nitrogens with one attached hydrogen (secondary N) is 1. The molecule has 1 N–H and O–H groups in total. The van der Waals surface area contributed by atoms with Crippen LogP contribution in [-0.4, -0.2) is 28.8 Å². The van der Waals surface area contributed by atoms with Gasteiger partial charge in [0, 0.05) is 30.5 Å². The summed E-state index contributed by atoms with van der Waals surface area (Å²) < 4.78 is 0. The van der Waals surface area contributed by atoms with Gasteiger partial charge < -0.3 is 10.2 Å². The number of nitrogens with zero attached hydrogens (tertiary/aromatic N) is 1. The van der Waals surface area contributed by atoms with Crippen molar-refractivity contribution >= 4 is 23.4 Å². The van der Waals surface area contributed by atoms with Crippen LogP contribution in [0.3, 0.4) is 0 Å². The maximum Gasteiger partial charge on any atom is 0.246 e. The number of hydrogen-bond acceptors (Lipinski definition) is 2. The molecule has 0 aromatic heterocycles. The first kappa shape index (κ1) is 22.1. The standard InChI is InChI=1S/C27H27ClN2O2/c1-27(26(32)29-19-20-12-14-23(28)15-13-20)16-17-30(27)25(31)18-24(21-8-4-2-5-9-21)22-10-6-3-7-11-22/h2-15,24H,16-19H2,1H3,(H,29,32). The summed E-state index contributed by atoms with van der Waals surface area (Å²) in [6.07, 6.45) is 0.987. The third-order valence-corrected chi connectivity index (χ3v) is 6.61. The van der Waals surface area contributed by atoms with Gasteiger partial charge in [0.1, 0.15) is 5.54 Å². The van der Waals surface area contributed by atoms with Gasteiger partial charge in [0.2, 0.25) is 11.8 Å². The van der Waals surface area contributed by atoms with Crippen LogP contribution in [0.25, 0.3) is 0 Å². The van der Waals surface area contributed by atoms with Gasteiger partial charge >= 0.3 is 0 Å². The maximum atomic E-state index is 13.3. The molecule has 3 aromatic carbocycles. The largest absolute Gasteiger partial charge is 0.350 e. The van der Waals surface area contributed by atoms with Gasteiger partial charge in [-0.05, 0) is 42.2 Å². The number of carbonyl (C=O) groups is 2. The Bertz CT molecular complexity index is 1030. The summed E-state index contributed by atoms with van der Waals surface area (Å²) in [6, 6.07) is 27.5. The lowest BCUT2D eigenvalue weighted by atomic mass is 9.82. The van der Waals surface area contributed by atoms with Crippen LogP contribution in [0.2, 0.25) is 5.02 Å². The number of amides is 2. The number of likely N-dealkylation sites (tertiary alicyclic amines) is 1. The van der Waals surface area contributed by atoms with Crippen LogP contribution in [0.1, 0.15) is 42.4 Å². The van der Waals surface area contributed by atoms with Crippen molar-refractivity contribution in [3.8, 4) is 0 Å². The van der Waals surface area contributed by atoms with Crippen molar-refractivity contribution in [2.45, 2.75) is 37.8 Å². The summed E-state index contributed by atoms with van der Waals surface area (Å²) in [7, 11) is 0. The van der Waals surface area contributed by atoms with Gasteiger partial charge in [0.15, 0.2) is 0 Å². The number of hydrogen-bond donors (Lipinski definition) is 1. The zero-order chi connectivity index (χ0) is 22.6. The van der Waals surface area contributed by atoms with E-state index in [0.717, 1.165) is 16.7 Å². The average Bonchev–Trinajstić information content (AvgIpc) is 2.82. The Hall–Kier alpha value is -3.11. The van der Waals surface area contributed by atoms with Crippen molar-refractivity contribution in [2.75, 3.05) is 6.54 Å². The highest BCUT2D eigenvalue weighted by atomic mass is 35.5. The zero-order valence-electron chi connectivity index (χ0n) is 18.1. The summed E-state index contributed by atoms with van der Waals surface area (Å²) >= 11 is 5.93. The quantitative estimate of drug-likeness (QED) is 0.544. The first-order valence-corrected chi connectivity index (χ1v) is 11.3. The second-order valence-electron chi connectivity index (χ2n) is 8.46. The molecule has 1 aliphatic heterocycles. The lowest BCUT2D eigenvalue weighted by Crippen LogP contribution is -2.67. The van der Waals surface area contributed by atoms with Crippen LogP contribution in [0.5, 0.6) is 0 Å². The molecule has 0 radical (unpaired) electrons. The molecule has 4 rings (SSSR count). The Kier molecular flexibility index (Phi) is 6.61. The Morgan fingerprint density at radius 1 is 0.938 bits per heavy atom. The number of halogens is 1. The Balaban J connectivity index is 1.45. The summed E-state index contributed by atoms with van der Waals surface area (Å²) in [5.41, 5.74) is 2.35. The van der Waals surface area contributed by atoms with Crippen LogP contribution in [0, 0.1) is 0 Å². The van der Waals surface area contributed by atoms with Crippen LogP contribution in [-0.2, 0) is 16.1 Å². The fourth-order valence-corrected chi connectivity index (χ4v) is 4.38. The molecule has 1 unspecified atom stereocenters. The van der Waals surface area contributed by atoms with E-state index in [1.807, 2.05) is 55.5 Å². The predicted octanol–water partition coefficient (Wildman–Crippen LogP) is 5.17. The van der Waals surface area contributed by atoms with Crippen molar-refractivity contribution in [2.24, 2.45) is 0 Å². The number of carbonyl (C=O) groups excluding carboxylic acids is 2. The lowest BCUT2D eigenvalue weighted by molar-refractivity contribution is -0.157. The van der Waals surface area contributed by atoms with Crippen LogP contribution in [0.4, 0.5) is 0 Å². The van der Waals surface area contributed by atoms with Gasteiger partial charge in [-0.25, -0.2) is 0 Å². The zero-order valence-corrected chi connectivity index (χ0v) is 18.9. The molecule has 1 atom stereocenters. The van der Waals surface area contributed by atoms with Gasteiger partial charge in [0.25, 0.3) is 0 Å². The van der Waals surface area contributed by atoms with E-state index in [1.165, 1.54) is 0 Å². The fraction of sp³-hybridized carbons (Fsp3) is 0.259. The van der Waals surface area contributed by atoms with E-state index in [2.05, 4.69) is 29.6 Å². The molecule has 0 aliphatic carbocycles. The molecule has 1 aliphatic rings. The molecular formula is C27H27ClN2O2. The van der Waals surface area contributed by atoms with Crippen molar-refractivity contribution in [1.29, 1.82) is 0 Å². The molecule has 0 spiro atoms. The summed E-state index contributed by atoms with van der Waals surface area (Å²) in [4.78, 5) is 28.1. The average molecular weight is 447 g/mol. The second kappa shape index (κ2) is 9.58. The van der Waals surface area contributed by atoms with Crippen molar-refractivity contribution in [3.63, 3.8) is 0 Å². The number of benzene rings is 3. The summed E-state index contributed by atoms with van der Waals surface area (Å²) in [5, 5.41) is 3.65. The van der Waals surface area contributed by atoms with E-state index < -0.39 is 5.54 Å². The van der Waals surface area contributed by atoms with Gasteiger partial charge in [-0.1, -0.05) is 84.4 Å². The maximum absolute atomic E-state index is 13.3. The molecule has 1 heterocycles. The van der Waals surface area contributed by atoms with E-state index >= 15 is 0 Å². The van der Waals surface area contributed by atoms with E-state index in [1.54, 1.807) is 17.0 Å². The molecule has 3 aromatic rings. The van der Waals surface area contributed by atoms with E-state index in [-0.39, 0.29) is 17.7 Å². The molecule has 1 fully saturated rings. The monoisotopic (exact) mass is 446 g/mol. The number of rotatable bonds is 7. The van der Waals surface area contributed by atoms with E-state index in [0.29, 0.717) is 31.0 Å². The first-order chi connectivity index (χ1) is 15.5. The molecule has 4 nitrogen and oxygen atoms in total. The van der Waals surface area contributed by atoms with E-state index in [9.17, 15) is 9.59 Å².